The van der Waals surface area contributed by atoms with E-state index in [0.717, 1.165) is 6.42 Å². The number of amides is 3. The second kappa shape index (κ2) is 8.60. The SMILES string of the molecule is CC[C@@H](C)NC(=O)NC(=O)COC(=O)c1cc(Cl)cc(Cl)c1. The van der Waals surface area contributed by atoms with Gasteiger partial charge in [0.25, 0.3) is 5.91 Å². The maximum Gasteiger partial charge on any atom is 0.338 e. The molecule has 1 aromatic carbocycles. The molecule has 22 heavy (non-hydrogen) atoms. The fourth-order valence-corrected chi connectivity index (χ4v) is 1.94. The van der Waals surface area contributed by atoms with Crippen molar-refractivity contribution in [2.75, 3.05) is 6.61 Å². The molecule has 0 radical (unpaired) electrons. The Hall–Kier alpha value is -1.79. The summed E-state index contributed by atoms with van der Waals surface area (Å²) in [5.74, 6) is -1.50. The first-order valence-electron chi connectivity index (χ1n) is 6.55. The Kier molecular flexibility index (Phi) is 7.14. The van der Waals surface area contributed by atoms with Crippen LogP contribution in [0.5, 0.6) is 0 Å². The molecule has 1 atom stereocenters. The third-order valence-electron chi connectivity index (χ3n) is 2.68. The van der Waals surface area contributed by atoms with Gasteiger partial charge in [-0.1, -0.05) is 30.1 Å². The molecule has 1 aromatic rings. The lowest BCUT2D eigenvalue weighted by Crippen LogP contribution is -2.44. The van der Waals surface area contributed by atoms with E-state index in [1.165, 1.54) is 18.2 Å². The Morgan fingerprint density at radius 1 is 1.18 bits per heavy atom. The number of ether oxygens (including phenoxy) is 1. The number of benzene rings is 1. The number of hydrogen-bond donors (Lipinski definition) is 2. The number of hydrogen-bond acceptors (Lipinski definition) is 4. The van der Waals surface area contributed by atoms with E-state index in [-0.39, 0.29) is 21.7 Å². The molecule has 0 saturated carbocycles. The van der Waals surface area contributed by atoms with Crippen LogP contribution in [-0.2, 0) is 9.53 Å². The first kappa shape index (κ1) is 18.3. The smallest absolute Gasteiger partial charge is 0.338 e. The molecule has 0 aliphatic heterocycles. The Labute approximate surface area is 138 Å². The van der Waals surface area contributed by atoms with E-state index >= 15 is 0 Å². The summed E-state index contributed by atoms with van der Waals surface area (Å²) in [5, 5.41) is 5.15. The van der Waals surface area contributed by atoms with Crippen LogP contribution in [0.2, 0.25) is 10.0 Å². The highest BCUT2D eigenvalue weighted by Gasteiger charge is 2.14. The normalized spacial score (nSPS) is 11.5. The molecule has 0 bridgehead atoms. The van der Waals surface area contributed by atoms with Crippen molar-refractivity contribution < 1.29 is 19.1 Å². The Morgan fingerprint density at radius 2 is 1.77 bits per heavy atom. The van der Waals surface area contributed by atoms with E-state index in [2.05, 4.69) is 10.6 Å². The molecule has 2 N–H and O–H groups in total. The Bertz CT molecular complexity index is 558. The minimum atomic E-state index is -0.762. The number of imide groups is 1. The highest BCUT2D eigenvalue weighted by Crippen LogP contribution is 2.19. The van der Waals surface area contributed by atoms with Crippen molar-refractivity contribution in [1.82, 2.24) is 10.6 Å². The minimum Gasteiger partial charge on any atom is -0.452 e. The molecule has 0 aromatic heterocycles. The van der Waals surface area contributed by atoms with Crippen LogP contribution in [0.1, 0.15) is 30.6 Å². The van der Waals surface area contributed by atoms with Crippen LogP contribution >= 0.6 is 23.2 Å². The second-order valence-corrected chi connectivity index (χ2v) is 5.44. The molecule has 120 valence electrons. The van der Waals surface area contributed by atoms with Crippen molar-refractivity contribution in [1.29, 1.82) is 0 Å². The van der Waals surface area contributed by atoms with Crippen molar-refractivity contribution in [2.45, 2.75) is 26.3 Å². The van der Waals surface area contributed by atoms with Gasteiger partial charge in [0.2, 0.25) is 0 Å². The average molecular weight is 347 g/mol. The first-order valence-corrected chi connectivity index (χ1v) is 7.31. The van der Waals surface area contributed by atoms with Gasteiger partial charge in [-0.05, 0) is 31.5 Å². The van der Waals surface area contributed by atoms with E-state index in [9.17, 15) is 14.4 Å². The van der Waals surface area contributed by atoms with Crippen LogP contribution in [0, 0.1) is 0 Å². The van der Waals surface area contributed by atoms with Gasteiger partial charge in [0.15, 0.2) is 6.61 Å². The Balaban J connectivity index is 2.46. The molecule has 0 spiro atoms. The topological polar surface area (TPSA) is 84.5 Å². The molecule has 0 unspecified atom stereocenters. The summed E-state index contributed by atoms with van der Waals surface area (Å²) < 4.78 is 4.78. The van der Waals surface area contributed by atoms with Crippen molar-refractivity contribution >= 4 is 41.1 Å². The molecule has 0 fully saturated rings. The van der Waals surface area contributed by atoms with Gasteiger partial charge < -0.3 is 10.1 Å². The zero-order chi connectivity index (χ0) is 16.7. The number of halogens is 2. The zero-order valence-electron chi connectivity index (χ0n) is 12.1. The largest absolute Gasteiger partial charge is 0.452 e. The van der Waals surface area contributed by atoms with Crippen LogP contribution in [0.15, 0.2) is 18.2 Å². The van der Waals surface area contributed by atoms with E-state index in [4.69, 9.17) is 27.9 Å². The lowest BCUT2D eigenvalue weighted by Gasteiger charge is -2.11. The van der Waals surface area contributed by atoms with Crippen molar-refractivity contribution in [3.8, 4) is 0 Å². The molecular weight excluding hydrogens is 331 g/mol. The van der Waals surface area contributed by atoms with Crippen LogP contribution in [0.3, 0.4) is 0 Å². The summed E-state index contributed by atoms with van der Waals surface area (Å²) in [6, 6.07) is 3.49. The lowest BCUT2D eigenvalue weighted by molar-refractivity contribution is -0.123. The Morgan fingerprint density at radius 3 is 2.32 bits per heavy atom. The van der Waals surface area contributed by atoms with Crippen LogP contribution in [0.4, 0.5) is 4.79 Å². The summed E-state index contributed by atoms with van der Waals surface area (Å²) in [4.78, 5) is 34.6. The number of esters is 1. The number of carbonyl (C=O) groups is 3. The fraction of sp³-hybridized carbons (Fsp3) is 0.357. The van der Waals surface area contributed by atoms with Gasteiger partial charge in [0.1, 0.15) is 0 Å². The van der Waals surface area contributed by atoms with E-state index < -0.39 is 24.5 Å². The standard InChI is InChI=1S/C14H16Cl2N2O4/c1-3-8(2)17-14(21)18-12(19)7-22-13(20)9-4-10(15)6-11(16)5-9/h4-6,8H,3,7H2,1-2H3,(H2,17,18,19,21)/t8-/m1/s1. The fourth-order valence-electron chi connectivity index (χ4n) is 1.41. The molecule has 0 aliphatic carbocycles. The van der Waals surface area contributed by atoms with Gasteiger partial charge >= 0.3 is 12.0 Å². The molecule has 8 heteroatoms. The minimum absolute atomic E-state index is 0.0658. The third-order valence-corrected chi connectivity index (χ3v) is 3.11. The van der Waals surface area contributed by atoms with Crippen LogP contribution < -0.4 is 10.6 Å². The average Bonchev–Trinajstić information content (AvgIpc) is 2.43. The van der Waals surface area contributed by atoms with Gasteiger partial charge in [-0.15, -0.1) is 0 Å². The predicted molar refractivity (Wildman–Crippen MR) is 83.2 cm³/mol. The molecule has 6 nitrogen and oxygen atoms in total. The van der Waals surface area contributed by atoms with Crippen LogP contribution in [-0.4, -0.2) is 30.6 Å². The summed E-state index contributed by atoms with van der Waals surface area (Å²) in [7, 11) is 0. The quantitative estimate of drug-likeness (QED) is 0.802. The molecule has 0 saturated heterocycles. The maximum absolute atomic E-state index is 11.7. The third kappa shape index (κ3) is 6.32. The predicted octanol–water partition coefficient (Wildman–Crippen LogP) is 2.77. The monoisotopic (exact) mass is 346 g/mol. The highest BCUT2D eigenvalue weighted by molar-refractivity contribution is 6.35. The molecule has 0 aliphatic rings. The van der Waals surface area contributed by atoms with Crippen molar-refractivity contribution in [3.63, 3.8) is 0 Å². The molecule has 3 amide bonds. The van der Waals surface area contributed by atoms with Crippen molar-refractivity contribution in [3.05, 3.63) is 33.8 Å². The molecule has 1 rings (SSSR count). The number of carbonyl (C=O) groups excluding carboxylic acids is 3. The van der Waals surface area contributed by atoms with Gasteiger partial charge in [-0.2, -0.15) is 0 Å². The number of rotatable bonds is 5. The molecular formula is C14H16Cl2N2O4. The maximum atomic E-state index is 11.7. The number of urea groups is 1. The molecule has 0 heterocycles. The first-order chi connectivity index (χ1) is 10.3. The summed E-state index contributed by atoms with van der Waals surface area (Å²) in [5.41, 5.74) is 0.120. The summed E-state index contributed by atoms with van der Waals surface area (Å²) in [6.07, 6.45) is 0.728. The van der Waals surface area contributed by atoms with Gasteiger partial charge in [-0.25, -0.2) is 9.59 Å². The van der Waals surface area contributed by atoms with Crippen LogP contribution in [0.25, 0.3) is 0 Å². The van der Waals surface area contributed by atoms with Gasteiger partial charge in [0.05, 0.1) is 5.56 Å². The highest BCUT2D eigenvalue weighted by atomic mass is 35.5. The van der Waals surface area contributed by atoms with E-state index in [1.54, 1.807) is 6.92 Å². The van der Waals surface area contributed by atoms with Crippen molar-refractivity contribution in [2.24, 2.45) is 0 Å². The lowest BCUT2D eigenvalue weighted by atomic mass is 10.2. The van der Waals surface area contributed by atoms with Gasteiger partial charge in [0, 0.05) is 16.1 Å². The summed E-state index contributed by atoms with van der Waals surface area (Å²) in [6.45, 7) is 3.11. The van der Waals surface area contributed by atoms with E-state index in [1.807, 2.05) is 6.92 Å². The number of nitrogens with one attached hydrogen (secondary N) is 2. The second-order valence-electron chi connectivity index (χ2n) is 4.57. The van der Waals surface area contributed by atoms with E-state index in [0.29, 0.717) is 0 Å². The summed E-state index contributed by atoms with van der Waals surface area (Å²) >= 11 is 11.5. The van der Waals surface area contributed by atoms with Gasteiger partial charge in [-0.3, -0.25) is 10.1 Å². The zero-order valence-corrected chi connectivity index (χ0v) is 13.6.